The first kappa shape index (κ1) is 14.0. The van der Waals surface area contributed by atoms with Crippen molar-refractivity contribution in [1.82, 2.24) is 10.2 Å². The normalized spacial score (nSPS) is 10.5. The molecule has 0 aliphatic carbocycles. The van der Waals surface area contributed by atoms with Gasteiger partial charge in [-0.15, -0.1) is 16.9 Å². The van der Waals surface area contributed by atoms with E-state index in [0.717, 1.165) is 29.9 Å². The topological polar surface area (TPSA) is 63.1 Å². The Bertz CT molecular complexity index is 408. The highest BCUT2D eigenvalue weighted by molar-refractivity contribution is 7.99. The molecule has 0 unspecified atom stereocenters. The Morgan fingerprint density at radius 2 is 1.94 bits per heavy atom. The quantitative estimate of drug-likeness (QED) is 0.791. The number of aryl methyl sites for hydroxylation is 1. The highest BCUT2D eigenvalue weighted by atomic mass is 32.2. The summed E-state index contributed by atoms with van der Waals surface area (Å²) >= 11 is 1.47. The molecule has 4 nitrogen and oxygen atoms in total. The van der Waals surface area contributed by atoms with Gasteiger partial charge in [-0.2, -0.15) is 5.10 Å². The highest BCUT2D eigenvalue weighted by Gasteiger charge is 2.20. The van der Waals surface area contributed by atoms with Gasteiger partial charge in [-0.3, -0.25) is 0 Å². The van der Waals surface area contributed by atoms with E-state index in [9.17, 15) is 9.90 Å². The average molecular weight is 254 g/mol. The van der Waals surface area contributed by atoms with Crippen LogP contribution >= 0.6 is 11.8 Å². The van der Waals surface area contributed by atoms with Crippen molar-refractivity contribution in [3.8, 4) is 0 Å². The fraction of sp³-hybridized carbons (Fsp3) is 0.583. The van der Waals surface area contributed by atoms with Crippen LogP contribution in [0.5, 0.6) is 0 Å². The van der Waals surface area contributed by atoms with Gasteiger partial charge >= 0.3 is 5.97 Å². The van der Waals surface area contributed by atoms with E-state index in [1.807, 2.05) is 13.8 Å². The molecular formula is C12H18N2O2S. The molecule has 0 aliphatic rings. The maximum atomic E-state index is 11.4. The van der Waals surface area contributed by atoms with Gasteiger partial charge in [0, 0.05) is 0 Å². The highest BCUT2D eigenvalue weighted by Crippen LogP contribution is 2.25. The minimum atomic E-state index is -0.898. The lowest BCUT2D eigenvalue weighted by Crippen LogP contribution is -2.11. The van der Waals surface area contributed by atoms with Crippen molar-refractivity contribution < 1.29 is 9.90 Å². The third kappa shape index (κ3) is 3.19. The third-order valence-corrected chi connectivity index (χ3v) is 3.64. The van der Waals surface area contributed by atoms with Crippen LogP contribution in [0.1, 0.15) is 48.8 Å². The summed E-state index contributed by atoms with van der Waals surface area (Å²) < 4.78 is 0. The summed E-state index contributed by atoms with van der Waals surface area (Å²) in [6.07, 6.45) is 2.39. The van der Waals surface area contributed by atoms with E-state index in [4.69, 9.17) is 0 Å². The molecule has 0 radical (unpaired) electrons. The fourth-order valence-corrected chi connectivity index (χ4v) is 2.53. The van der Waals surface area contributed by atoms with Crippen LogP contribution in [0.15, 0.2) is 5.03 Å². The Labute approximate surface area is 106 Å². The van der Waals surface area contributed by atoms with Crippen LogP contribution in [0.3, 0.4) is 0 Å². The molecule has 5 heteroatoms. The molecule has 1 aromatic heterocycles. The Morgan fingerprint density at radius 3 is 2.41 bits per heavy atom. The average Bonchev–Trinajstić information content (AvgIpc) is 2.34. The molecule has 1 rings (SSSR count). The second kappa shape index (κ2) is 6.59. The standard InChI is InChI=1S/C12H18N2O2S/c1-4-7-17-11-10(12(15)16)8(5-2)9(6-3)13-14-11/h4-7H2,1-3H3,(H,15,16). The number of nitrogens with zero attached hydrogens (tertiary/aromatic N) is 2. The lowest BCUT2D eigenvalue weighted by Gasteiger charge is -2.11. The summed E-state index contributed by atoms with van der Waals surface area (Å²) in [5.74, 6) is -0.0334. The molecule has 0 spiro atoms. The van der Waals surface area contributed by atoms with Gasteiger partial charge in [-0.1, -0.05) is 20.8 Å². The molecule has 1 N–H and O–H groups in total. The summed E-state index contributed by atoms with van der Waals surface area (Å²) in [5, 5.41) is 18.0. The van der Waals surface area contributed by atoms with Crippen molar-refractivity contribution in [2.45, 2.75) is 45.1 Å². The molecule has 0 bridgehead atoms. The van der Waals surface area contributed by atoms with Gasteiger partial charge in [-0.25, -0.2) is 4.79 Å². The van der Waals surface area contributed by atoms with E-state index in [1.165, 1.54) is 11.8 Å². The van der Waals surface area contributed by atoms with Crippen molar-refractivity contribution in [1.29, 1.82) is 0 Å². The summed E-state index contributed by atoms with van der Waals surface area (Å²) in [5.41, 5.74) is 1.97. The van der Waals surface area contributed by atoms with E-state index in [2.05, 4.69) is 17.1 Å². The van der Waals surface area contributed by atoms with Crippen molar-refractivity contribution in [3.05, 3.63) is 16.8 Å². The Hall–Kier alpha value is -1.10. The number of carboxylic acid groups (broad SMARTS) is 1. The second-order valence-electron chi connectivity index (χ2n) is 3.67. The first-order valence-corrected chi connectivity index (χ1v) is 6.88. The van der Waals surface area contributed by atoms with Gasteiger partial charge in [0.25, 0.3) is 0 Å². The van der Waals surface area contributed by atoms with Gasteiger partial charge in [0.15, 0.2) is 0 Å². The van der Waals surface area contributed by atoms with E-state index in [1.54, 1.807) is 0 Å². The maximum absolute atomic E-state index is 11.4. The molecule has 0 amide bonds. The number of hydrogen-bond donors (Lipinski definition) is 1. The zero-order chi connectivity index (χ0) is 12.8. The SMILES string of the molecule is CCCSc1nnc(CC)c(CC)c1C(=O)O. The van der Waals surface area contributed by atoms with Crippen molar-refractivity contribution in [2.75, 3.05) is 5.75 Å². The maximum Gasteiger partial charge on any atom is 0.338 e. The van der Waals surface area contributed by atoms with Crippen LogP contribution in [0.25, 0.3) is 0 Å². The van der Waals surface area contributed by atoms with Gasteiger partial charge in [0.2, 0.25) is 0 Å². The lowest BCUT2D eigenvalue weighted by molar-refractivity contribution is 0.0690. The number of aromatic nitrogens is 2. The van der Waals surface area contributed by atoms with Crippen molar-refractivity contribution >= 4 is 17.7 Å². The van der Waals surface area contributed by atoms with E-state index in [0.29, 0.717) is 17.0 Å². The fourth-order valence-electron chi connectivity index (χ4n) is 1.67. The van der Waals surface area contributed by atoms with Gasteiger partial charge < -0.3 is 5.11 Å². The van der Waals surface area contributed by atoms with E-state index < -0.39 is 5.97 Å². The Morgan fingerprint density at radius 1 is 1.24 bits per heavy atom. The van der Waals surface area contributed by atoms with Gasteiger partial charge in [0.1, 0.15) is 5.03 Å². The first-order valence-electron chi connectivity index (χ1n) is 5.90. The summed E-state index contributed by atoms with van der Waals surface area (Å²) in [6, 6.07) is 0. The molecular weight excluding hydrogens is 236 g/mol. The largest absolute Gasteiger partial charge is 0.478 e. The third-order valence-electron chi connectivity index (χ3n) is 2.47. The number of carbonyl (C=O) groups is 1. The molecule has 17 heavy (non-hydrogen) atoms. The molecule has 0 saturated heterocycles. The molecule has 0 aromatic carbocycles. The lowest BCUT2D eigenvalue weighted by atomic mass is 10.0. The van der Waals surface area contributed by atoms with Crippen LogP contribution in [0.2, 0.25) is 0 Å². The second-order valence-corrected chi connectivity index (χ2v) is 4.75. The van der Waals surface area contributed by atoms with Crippen LogP contribution in [0, 0.1) is 0 Å². The van der Waals surface area contributed by atoms with Crippen LogP contribution in [-0.4, -0.2) is 27.0 Å². The van der Waals surface area contributed by atoms with Gasteiger partial charge in [-0.05, 0) is 30.6 Å². The number of rotatable bonds is 6. The van der Waals surface area contributed by atoms with Gasteiger partial charge in [0.05, 0.1) is 11.3 Å². The number of thioether (sulfide) groups is 1. The minimum Gasteiger partial charge on any atom is -0.478 e. The number of aromatic carboxylic acids is 1. The molecule has 0 saturated carbocycles. The molecule has 1 aromatic rings. The van der Waals surface area contributed by atoms with Crippen LogP contribution in [-0.2, 0) is 12.8 Å². The van der Waals surface area contributed by atoms with E-state index >= 15 is 0 Å². The smallest absolute Gasteiger partial charge is 0.338 e. The molecule has 0 fully saturated rings. The van der Waals surface area contributed by atoms with Crippen molar-refractivity contribution in [3.63, 3.8) is 0 Å². The predicted octanol–water partition coefficient (Wildman–Crippen LogP) is 2.80. The number of hydrogen-bond acceptors (Lipinski definition) is 4. The summed E-state index contributed by atoms with van der Waals surface area (Å²) in [6.45, 7) is 5.98. The molecule has 1 heterocycles. The summed E-state index contributed by atoms with van der Waals surface area (Å²) in [4.78, 5) is 11.4. The Kier molecular flexibility index (Phi) is 5.41. The van der Waals surface area contributed by atoms with Crippen LogP contribution in [0.4, 0.5) is 0 Å². The zero-order valence-corrected chi connectivity index (χ0v) is 11.3. The van der Waals surface area contributed by atoms with E-state index in [-0.39, 0.29) is 0 Å². The monoisotopic (exact) mass is 254 g/mol. The summed E-state index contributed by atoms with van der Waals surface area (Å²) in [7, 11) is 0. The van der Waals surface area contributed by atoms with Crippen LogP contribution < -0.4 is 0 Å². The zero-order valence-electron chi connectivity index (χ0n) is 10.5. The first-order chi connectivity index (χ1) is 8.15. The predicted molar refractivity (Wildman–Crippen MR) is 68.8 cm³/mol. The molecule has 0 aliphatic heterocycles. The Balaban J connectivity index is 3.26. The minimum absolute atomic E-state index is 0.345. The molecule has 0 atom stereocenters. The van der Waals surface area contributed by atoms with Crippen molar-refractivity contribution in [2.24, 2.45) is 0 Å². The molecule has 94 valence electrons. The number of carboxylic acids is 1.